The Bertz CT molecular complexity index is 440. The summed E-state index contributed by atoms with van der Waals surface area (Å²) in [4.78, 5) is 19.8. The molecule has 0 saturated carbocycles. The summed E-state index contributed by atoms with van der Waals surface area (Å²) in [5.41, 5.74) is 0. The van der Waals surface area contributed by atoms with E-state index in [1.165, 1.54) is 0 Å². The molecule has 23 heavy (non-hydrogen) atoms. The molecular weight excluding hydrogens is 316 g/mol. The van der Waals surface area contributed by atoms with E-state index in [0.717, 1.165) is 5.96 Å². The van der Waals surface area contributed by atoms with Gasteiger partial charge in [-0.25, -0.2) is 4.79 Å². The van der Waals surface area contributed by atoms with Crippen molar-refractivity contribution in [2.45, 2.75) is 32.4 Å². The molecule has 1 heterocycles. The molecule has 0 spiro atoms. The lowest BCUT2D eigenvalue weighted by Gasteiger charge is -2.35. The van der Waals surface area contributed by atoms with E-state index in [1.54, 1.807) is 18.9 Å². The Morgan fingerprint density at radius 2 is 1.78 bits per heavy atom. The number of guanidine groups is 1. The summed E-state index contributed by atoms with van der Waals surface area (Å²) in [6, 6.07) is 0. The van der Waals surface area contributed by atoms with E-state index in [2.05, 4.69) is 15.2 Å². The Kier molecular flexibility index (Phi) is 7.81. The van der Waals surface area contributed by atoms with Crippen LogP contribution in [0.2, 0.25) is 0 Å². The van der Waals surface area contributed by atoms with E-state index in [-0.39, 0.29) is 10.8 Å². The third kappa shape index (κ3) is 6.37. The molecule has 8 heteroatoms. The van der Waals surface area contributed by atoms with Crippen molar-refractivity contribution in [3.63, 3.8) is 0 Å². The molecule has 0 bridgehead atoms. The van der Waals surface area contributed by atoms with Crippen LogP contribution in [0.5, 0.6) is 0 Å². The average Bonchev–Trinajstić information content (AvgIpc) is 2.51. The Hall–Kier alpha value is -1.31. The molecule has 134 valence electrons. The van der Waals surface area contributed by atoms with Crippen molar-refractivity contribution >= 4 is 22.9 Å². The number of carbonyl (C=O) groups excluding carboxylic acids is 1. The van der Waals surface area contributed by atoms with Crippen LogP contribution in [0.4, 0.5) is 4.79 Å². The highest BCUT2D eigenvalue weighted by Gasteiger charge is 2.24. The lowest BCUT2D eigenvalue weighted by molar-refractivity contribution is 0.0915. The molecule has 0 aromatic rings. The molecule has 1 amide bonds. The van der Waals surface area contributed by atoms with Gasteiger partial charge in [0.25, 0.3) is 0 Å². The van der Waals surface area contributed by atoms with Crippen molar-refractivity contribution in [1.82, 2.24) is 15.1 Å². The third-order valence-corrected chi connectivity index (χ3v) is 5.51. The summed E-state index contributed by atoms with van der Waals surface area (Å²) in [5, 5.41) is 3.26. The molecule has 1 rings (SSSR count). The molecule has 1 saturated heterocycles. The fourth-order valence-corrected chi connectivity index (χ4v) is 3.11. The minimum absolute atomic E-state index is 0.198. The number of amides is 1. The zero-order chi connectivity index (χ0) is 17.5. The number of ether oxygens (including phenoxy) is 1. The lowest BCUT2D eigenvalue weighted by Crippen LogP contribution is -2.54. The van der Waals surface area contributed by atoms with Crippen molar-refractivity contribution in [2.24, 2.45) is 4.99 Å². The fourth-order valence-electron chi connectivity index (χ4n) is 2.21. The van der Waals surface area contributed by atoms with Crippen LogP contribution in [-0.2, 0) is 15.5 Å². The highest BCUT2D eigenvalue weighted by atomic mass is 32.2. The van der Waals surface area contributed by atoms with Gasteiger partial charge in [-0.05, 0) is 27.7 Å². The van der Waals surface area contributed by atoms with Gasteiger partial charge in [-0.3, -0.25) is 9.20 Å². The van der Waals surface area contributed by atoms with Crippen LogP contribution in [0.25, 0.3) is 0 Å². The van der Waals surface area contributed by atoms with Gasteiger partial charge in [0.2, 0.25) is 0 Å². The van der Waals surface area contributed by atoms with Crippen molar-refractivity contribution < 1.29 is 13.7 Å². The number of hydrogen-bond donors (Lipinski definition) is 1. The van der Waals surface area contributed by atoms with Crippen molar-refractivity contribution in [2.75, 3.05) is 52.1 Å². The van der Waals surface area contributed by atoms with Crippen LogP contribution in [0, 0.1) is 0 Å². The maximum absolute atomic E-state index is 12.0. The van der Waals surface area contributed by atoms with E-state index in [0.29, 0.717) is 45.1 Å². The highest BCUT2D eigenvalue weighted by Crippen LogP contribution is 2.10. The molecule has 1 unspecified atom stereocenters. The first-order valence-electron chi connectivity index (χ1n) is 8.05. The lowest BCUT2D eigenvalue weighted by atomic mass is 10.3. The Balaban J connectivity index is 2.40. The SMILES string of the molecule is CCOC(=O)N1CCN(C(=NC)NCCS(=O)C(C)(C)C)CC1. The van der Waals surface area contributed by atoms with E-state index < -0.39 is 10.8 Å². The van der Waals surface area contributed by atoms with Crippen molar-refractivity contribution in [1.29, 1.82) is 0 Å². The second-order valence-electron chi connectivity index (χ2n) is 6.31. The first-order chi connectivity index (χ1) is 10.8. The Labute approximate surface area is 141 Å². The van der Waals surface area contributed by atoms with Gasteiger partial charge in [-0.1, -0.05) is 0 Å². The number of hydrogen-bond acceptors (Lipinski definition) is 4. The number of nitrogens with one attached hydrogen (secondary N) is 1. The van der Waals surface area contributed by atoms with Gasteiger partial charge in [0, 0.05) is 61.1 Å². The first-order valence-corrected chi connectivity index (χ1v) is 9.37. The van der Waals surface area contributed by atoms with Crippen LogP contribution in [0.1, 0.15) is 27.7 Å². The van der Waals surface area contributed by atoms with E-state index in [4.69, 9.17) is 4.74 Å². The minimum atomic E-state index is -0.880. The Morgan fingerprint density at radius 1 is 1.22 bits per heavy atom. The van der Waals surface area contributed by atoms with Crippen LogP contribution >= 0.6 is 0 Å². The predicted molar refractivity (Wildman–Crippen MR) is 94.3 cm³/mol. The maximum atomic E-state index is 12.0. The van der Waals surface area contributed by atoms with Gasteiger partial charge >= 0.3 is 6.09 Å². The van der Waals surface area contributed by atoms with Crippen molar-refractivity contribution in [3.05, 3.63) is 0 Å². The van der Waals surface area contributed by atoms with E-state index in [9.17, 15) is 9.00 Å². The molecule has 0 aromatic heterocycles. The topological polar surface area (TPSA) is 74.2 Å². The van der Waals surface area contributed by atoms with Crippen molar-refractivity contribution in [3.8, 4) is 0 Å². The summed E-state index contributed by atoms with van der Waals surface area (Å²) < 4.78 is 16.9. The number of carbonyl (C=O) groups is 1. The van der Waals surface area contributed by atoms with Gasteiger partial charge in [-0.15, -0.1) is 0 Å². The molecular formula is C15H30N4O3S. The molecule has 0 radical (unpaired) electrons. The molecule has 0 aliphatic carbocycles. The van der Waals surface area contributed by atoms with Crippen LogP contribution in [0.15, 0.2) is 4.99 Å². The normalized spacial score (nSPS) is 17.9. The second-order valence-corrected chi connectivity index (χ2v) is 8.63. The first kappa shape index (κ1) is 19.7. The number of aliphatic imine (C=N–C) groups is 1. The van der Waals surface area contributed by atoms with E-state index >= 15 is 0 Å². The largest absolute Gasteiger partial charge is 0.450 e. The summed E-state index contributed by atoms with van der Waals surface area (Å²) in [6.07, 6.45) is -0.254. The molecule has 7 nitrogen and oxygen atoms in total. The average molecular weight is 346 g/mol. The van der Waals surface area contributed by atoms with Crippen LogP contribution in [-0.4, -0.2) is 82.9 Å². The van der Waals surface area contributed by atoms with Gasteiger partial charge in [0.1, 0.15) is 0 Å². The van der Waals surface area contributed by atoms with Crippen LogP contribution < -0.4 is 5.32 Å². The maximum Gasteiger partial charge on any atom is 0.409 e. The summed E-state index contributed by atoms with van der Waals surface area (Å²) in [6.45, 7) is 11.4. The quantitative estimate of drug-likeness (QED) is 0.604. The molecule has 1 N–H and O–H groups in total. The van der Waals surface area contributed by atoms with Gasteiger partial charge < -0.3 is 19.9 Å². The van der Waals surface area contributed by atoms with Crippen LogP contribution in [0.3, 0.4) is 0 Å². The standard InChI is InChI=1S/C15H30N4O3S/c1-6-22-14(20)19-10-8-18(9-11-19)13(16-5)17-7-12-23(21)15(2,3)4/h6-12H2,1-5H3,(H,16,17). The van der Waals surface area contributed by atoms with Gasteiger partial charge in [0.05, 0.1) is 6.61 Å². The fraction of sp³-hybridized carbons (Fsp3) is 0.867. The summed E-state index contributed by atoms with van der Waals surface area (Å²) >= 11 is 0. The molecule has 1 aliphatic rings. The number of rotatable bonds is 4. The number of piperazine rings is 1. The summed E-state index contributed by atoms with van der Waals surface area (Å²) in [7, 11) is 0.856. The molecule has 1 aliphatic heterocycles. The smallest absolute Gasteiger partial charge is 0.409 e. The third-order valence-electron chi connectivity index (χ3n) is 3.57. The second kappa shape index (κ2) is 9.10. The molecule has 0 aromatic carbocycles. The summed E-state index contributed by atoms with van der Waals surface area (Å²) in [5.74, 6) is 1.38. The zero-order valence-corrected chi connectivity index (χ0v) is 15.7. The number of nitrogens with zero attached hydrogens (tertiary/aromatic N) is 3. The Morgan fingerprint density at radius 3 is 2.26 bits per heavy atom. The van der Waals surface area contributed by atoms with Gasteiger partial charge in [0.15, 0.2) is 5.96 Å². The van der Waals surface area contributed by atoms with Gasteiger partial charge in [-0.2, -0.15) is 0 Å². The molecule has 1 atom stereocenters. The highest BCUT2D eigenvalue weighted by molar-refractivity contribution is 7.86. The van der Waals surface area contributed by atoms with E-state index in [1.807, 2.05) is 20.8 Å². The predicted octanol–water partition coefficient (Wildman–Crippen LogP) is 0.883. The molecule has 1 fully saturated rings. The minimum Gasteiger partial charge on any atom is -0.450 e. The monoisotopic (exact) mass is 346 g/mol. The zero-order valence-electron chi connectivity index (χ0n) is 14.9.